The van der Waals surface area contributed by atoms with Gasteiger partial charge in [-0.25, -0.2) is 0 Å². The molecule has 0 heterocycles. The van der Waals surface area contributed by atoms with E-state index in [1.54, 1.807) is 7.11 Å². The molecule has 1 aliphatic rings. The van der Waals surface area contributed by atoms with E-state index in [9.17, 15) is 4.79 Å². The molecule has 0 aromatic rings. The van der Waals surface area contributed by atoms with Crippen molar-refractivity contribution in [2.45, 2.75) is 32.3 Å². The van der Waals surface area contributed by atoms with Crippen LogP contribution >= 0.6 is 0 Å². The molecule has 88 valence electrons. The maximum atomic E-state index is 10.6. The Morgan fingerprint density at radius 3 is 2.81 bits per heavy atom. The molecule has 0 radical (unpaired) electrons. The van der Waals surface area contributed by atoms with Crippen LogP contribution in [0.2, 0.25) is 0 Å². The quantitative estimate of drug-likeness (QED) is 0.778. The lowest BCUT2D eigenvalue weighted by molar-refractivity contribution is -0.136. The summed E-state index contributed by atoms with van der Waals surface area (Å²) in [5.41, 5.74) is 2.28. The largest absolute Gasteiger partial charge is 0.481 e. The Morgan fingerprint density at radius 1 is 1.50 bits per heavy atom. The van der Waals surface area contributed by atoms with Gasteiger partial charge in [-0.2, -0.15) is 0 Å². The van der Waals surface area contributed by atoms with Gasteiger partial charge in [-0.3, -0.25) is 4.79 Å². The van der Waals surface area contributed by atoms with Crippen LogP contribution in [0.3, 0.4) is 0 Å². The van der Waals surface area contributed by atoms with E-state index in [4.69, 9.17) is 9.84 Å². The van der Waals surface area contributed by atoms with Crippen molar-refractivity contribution in [1.82, 2.24) is 0 Å². The Balaban J connectivity index is 2.78. The summed E-state index contributed by atoms with van der Waals surface area (Å²) in [6.07, 6.45) is 9.58. The van der Waals surface area contributed by atoms with Crippen molar-refractivity contribution in [2.24, 2.45) is 0 Å². The van der Waals surface area contributed by atoms with Crippen LogP contribution in [0.5, 0.6) is 0 Å². The van der Waals surface area contributed by atoms with E-state index in [1.807, 2.05) is 18.2 Å². The number of hydrogen-bond acceptors (Lipinski definition) is 2. The third-order valence-electron chi connectivity index (χ3n) is 2.64. The molecular formula is C13H18O3. The molecule has 1 rings (SSSR count). The summed E-state index contributed by atoms with van der Waals surface area (Å²) in [6, 6.07) is 0. The molecule has 16 heavy (non-hydrogen) atoms. The Morgan fingerprint density at radius 2 is 2.25 bits per heavy atom. The van der Waals surface area contributed by atoms with Gasteiger partial charge in [0.15, 0.2) is 0 Å². The SMILES string of the molecule is CCC1=CC(OC)C=CC=C1CCC(=O)O. The molecule has 1 N–H and O–H groups in total. The van der Waals surface area contributed by atoms with E-state index < -0.39 is 5.97 Å². The van der Waals surface area contributed by atoms with Gasteiger partial charge in [-0.05, 0) is 30.1 Å². The van der Waals surface area contributed by atoms with Gasteiger partial charge in [0.25, 0.3) is 0 Å². The average molecular weight is 222 g/mol. The van der Waals surface area contributed by atoms with Crippen LogP contribution in [0.25, 0.3) is 0 Å². The number of carbonyl (C=O) groups is 1. The van der Waals surface area contributed by atoms with Gasteiger partial charge in [0.1, 0.15) is 0 Å². The van der Waals surface area contributed by atoms with E-state index in [2.05, 4.69) is 13.0 Å². The standard InChI is InChI=1S/C13H18O3/c1-3-10-9-12(16-2)6-4-5-11(10)7-8-13(14)15/h4-6,9,12H,3,7-8H2,1-2H3,(H,14,15). The van der Waals surface area contributed by atoms with Crippen LogP contribution in [0.1, 0.15) is 26.2 Å². The van der Waals surface area contributed by atoms with Crippen LogP contribution < -0.4 is 0 Å². The zero-order valence-corrected chi connectivity index (χ0v) is 9.77. The Labute approximate surface area is 96.1 Å². The fraction of sp³-hybridized carbons (Fsp3) is 0.462. The molecule has 1 aliphatic carbocycles. The molecular weight excluding hydrogens is 204 g/mol. The topological polar surface area (TPSA) is 46.5 Å². The minimum atomic E-state index is -0.757. The maximum Gasteiger partial charge on any atom is 0.303 e. The van der Waals surface area contributed by atoms with Crippen LogP contribution in [-0.2, 0) is 9.53 Å². The number of carboxylic acid groups (broad SMARTS) is 1. The molecule has 0 aromatic carbocycles. The van der Waals surface area contributed by atoms with Gasteiger partial charge >= 0.3 is 5.97 Å². The average Bonchev–Trinajstić information content (AvgIpc) is 2.47. The molecule has 0 bridgehead atoms. The minimum absolute atomic E-state index is 0.00599. The predicted octanol–water partition coefficient (Wildman–Crippen LogP) is 2.70. The first-order valence-electron chi connectivity index (χ1n) is 5.50. The second-order valence-electron chi connectivity index (χ2n) is 3.72. The molecule has 0 spiro atoms. The summed E-state index contributed by atoms with van der Waals surface area (Å²) < 4.78 is 5.26. The monoisotopic (exact) mass is 222 g/mol. The van der Waals surface area contributed by atoms with Gasteiger partial charge in [0.05, 0.1) is 6.10 Å². The third kappa shape index (κ3) is 3.66. The molecule has 3 nitrogen and oxygen atoms in total. The molecule has 0 aliphatic heterocycles. The first-order chi connectivity index (χ1) is 7.67. The van der Waals surface area contributed by atoms with Gasteiger partial charge in [0.2, 0.25) is 0 Å². The third-order valence-corrected chi connectivity index (χ3v) is 2.64. The number of allylic oxidation sites excluding steroid dienone is 4. The lowest BCUT2D eigenvalue weighted by Gasteiger charge is -2.10. The Bertz CT molecular complexity index is 337. The number of hydrogen-bond donors (Lipinski definition) is 1. The lowest BCUT2D eigenvalue weighted by Crippen LogP contribution is -2.04. The maximum absolute atomic E-state index is 10.6. The van der Waals surface area contributed by atoms with Crippen molar-refractivity contribution in [3.63, 3.8) is 0 Å². The Hall–Kier alpha value is -1.35. The summed E-state index contributed by atoms with van der Waals surface area (Å²) in [6.45, 7) is 2.07. The second-order valence-corrected chi connectivity index (χ2v) is 3.72. The van der Waals surface area contributed by atoms with E-state index in [0.717, 1.165) is 12.0 Å². The molecule has 0 saturated heterocycles. The highest BCUT2D eigenvalue weighted by molar-refractivity contribution is 5.67. The minimum Gasteiger partial charge on any atom is -0.481 e. The lowest BCUT2D eigenvalue weighted by atomic mass is 9.98. The number of carboxylic acids is 1. The van der Waals surface area contributed by atoms with E-state index in [1.165, 1.54) is 5.57 Å². The zero-order chi connectivity index (χ0) is 12.0. The molecule has 0 aromatic heterocycles. The second kappa shape index (κ2) is 6.28. The van der Waals surface area contributed by atoms with Crippen LogP contribution in [-0.4, -0.2) is 24.3 Å². The van der Waals surface area contributed by atoms with Crippen LogP contribution in [0.15, 0.2) is 35.5 Å². The molecule has 1 atom stereocenters. The van der Waals surface area contributed by atoms with Crippen molar-refractivity contribution in [3.05, 3.63) is 35.5 Å². The summed E-state index contributed by atoms with van der Waals surface area (Å²) in [7, 11) is 1.67. The first-order valence-corrected chi connectivity index (χ1v) is 5.50. The highest BCUT2D eigenvalue weighted by atomic mass is 16.5. The fourth-order valence-corrected chi connectivity index (χ4v) is 1.73. The van der Waals surface area contributed by atoms with Crippen molar-refractivity contribution in [3.8, 4) is 0 Å². The predicted molar refractivity (Wildman–Crippen MR) is 63.3 cm³/mol. The molecule has 1 unspecified atom stereocenters. The highest BCUT2D eigenvalue weighted by Gasteiger charge is 2.10. The van der Waals surface area contributed by atoms with Crippen molar-refractivity contribution in [1.29, 1.82) is 0 Å². The molecule has 0 amide bonds. The van der Waals surface area contributed by atoms with Crippen LogP contribution in [0.4, 0.5) is 0 Å². The van der Waals surface area contributed by atoms with Gasteiger partial charge in [0, 0.05) is 13.5 Å². The summed E-state index contributed by atoms with van der Waals surface area (Å²) in [5.74, 6) is -0.757. The molecule has 3 heteroatoms. The van der Waals surface area contributed by atoms with E-state index >= 15 is 0 Å². The van der Waals surface area contributed by atoms with E-state index in [-0.39, 0.29) is 12.5 Å². The van der Waals surface area contributed by atoms with Crippen molar-refractivity contribution >= 4 is 5.97 Å². The summed E-state index contributed by atoms with van der Waals surface area (Å²) in [5, 5.41) is 8.68. The highest BCUT2D eigenvalue weighted by Crippen LogP contribution is 2.23. The Kier molecular flexibility index (Phi) is 4.99. The van der Waals surface area contributed by atoms with Gasteiger partial charge in [-0.15, -0.1) is 0 Å². The molecule has 0 fully saturated rings. The van der Waals surface area contributed by atoms with Crippen LogP contribution in [0, 0.1) is 0 Å². The smallest absolute Gasteiger partial charge is 0.303 e. The van der Waals surface area contributed by atoms with Gasteiger partial charge in [-0.1, -0.05) is 25.2 Å². The number of methoxy groups -OCH3 is 1. The summed E-state index contributed by atoms with van der Waals surface area (Å²) >= 11 is 0. The van der Waals surface area contributed by atoms with Crippen molar-refractivity contribution in [2.75, 3.05) is 7.11 Å². The normalized spacial score (nSPS) is 20.0. The number of aliphatic carboxylic acids is 1. The summed E-state index contributed by atoms with van der Waals surface area (Å²) in [4.78, 5) is 10.6. The fourth-order valence-electron chi connectivity index (χ4n) is 1.73. The molecule has 0 saturated carbocycles. The van der Waals surface area contributed by atoms with Crippen molar-refractivity contribution < 1.29 is 14.6 Å². The number of rotatable bonds is 5. The van der Waals surface area contributed by atoms with Gasteiger partial charge < -0.3 is 9.84 Å². The van der Waals surface area contributed by atoms with E-state index in [0.29, 0.717) is 6.42 Å². The zero-order valence-electron chi connectivity index (χ0n) is 9.77. The number of ether oxygens (including phenoxy) is 1. The first kappa shape index (κ1) is 12.7.